The molecule has 1 amide bonds. The minimum Gasteiger partial charge on any atom is -0.343 e. The second-order valence-corrected chi connectivity index (χ2v) is 6.31. The normalized spacial score (nSPS) is 21.6. The van der Waals surface area contributed by atoms with Crippen molar-refractivity contribution in [2.24, 2.45) is 0 Å². The maximum atomic E-state index is 12.1. The molecular formula is C14H28N2OS. The lowest BCUT2D eigenvalue weighted by molar-refractivity contribution is -0.131. The molecule has 4 heteroatoms. The number of carbonyl (C=O) groups excluding carboxylic acids is 1. The lowest BCUT2D eigenvalue weighted by atomic mass is 10.00. The average Bonchev–Trinajstić information content (AvgIpc) is 2.42. The van der Waals surface area contributed by atoms with Crippen molar-refractivity contribution in [3.63, 3.8) is 0 Å². The molecule has 1 aliphatic rings. The molecule has 1 saturated heterocycles. The largest absolute Gasteiger partial charge is 0.343 e. The van der Waals surface area contributed by atoms with Gasteiger partial charge in [-0.15, -0.1) is 0 Å². The van der Waals surface area contributed by atoms with E-state index < -0.39 is 0 Å². The first kappa shape index (κ1) is 15.8. The summed E-state index contributed by atoms with van der Waals surface area (Å²) in [6.45, 7) is 3.27. The zero-order valence-corrected chi connectivity index (χ0v) is 12.9. The Morgan fingerprint density at radius 2 is 2.28 bits per heavy atom. The number of hydrogen-bond donors (Lipinski definition) is 1. The molecule has 0 spiro atoms. The summed E-state index contributed by atoms with van der Waals surface area (Å²) in [6, 6.07) is 0.932. The third kappa shape index (κ3) is 5.61. The van der Waals surface area contributed by atoms with Crippen LogP contribution in [0.5, 0.6) is 0 Å². The predicted octanol–water partition coefficient (Wildman–Crippen LogP) is 2.51. The topological polar surface area (TPSA) is 32.3 Å². The van der Waals surface area contributed by atoms with E-state index in [0.717, 1.165) is 25.1 Å². The van der Waals surface area contributed by atoms with Crippen molar-refractivity contribution in [2.45, 2.75) is 57.5 Å². The summed E-state index contributed by atoms with van der Waals surface area (Å²) in [6.07, 6.45) is 8.73. The van der Waals surface area contributed by atoms with Crippen LogP contribution in [0.25, 0.3) is 0 Å². The highest BCUT2D eigenvalue weighted by Gasteiger charge is 2.18. The van der Waals surface area contributed by atoms with Gasteiger partial charge in [-0.2, -0.15) is 11.8 Å². The quantitative estimate of drug-likeness (QED) is 0.773. The van der Waals surface area contributed by atoms with Gasteiger partial charge in [0.15, 0.2) is 0 Å². The first-order valence-electron chi connectivity index (χ1n) is 7.13. The van der Waals surface area contributed by atoms with E-state index >= 15 is 0 Å². The summed E-state index contributed by atoms with van der Waals surface area (Å²) < 4.78 is 0. The molecule has 0 aromatic carbocycles. The second kappa shape index (κ2) is 8.81. The van der Waals surface area contributed by atoms with E-state index in [4.69, 9.17) is 0 Å². The van der Waals surface area contributed by atoms with Crippen molar-refractivity contribution in [2.75, 3.05) is 25.6 Å². The second-order valence-electron chi connectivity index (χ2n) is 5.32. The van der Waals surface area contributed by atoms with E-state index in [9.17, 15) is 4.79 Å². The van der Waals surface area contributed by atoms with Gasteiger partial charge in [0, 0.05) is 25.6 Å². The SMILES string of the molecule is CSCCC(C)N(C)C(=O)CCC1CCCCN1. The van der Waals surface area contributed by atoms with Gasteiger partial charge >= 0.3 is 0 Å². The van der Waals surface area contributed by atoms with E-state index in [1.54, 1.807) is 0 Å². The van der Waals surface area contributed by atoms with Crippen LogP contribution < -0.4 is 5.32 Å². The van der Waals surface area contributed by atoms with Gasteiger partial charge < -0.3 is 10.2 Å². The van der Waals surface area contributed by atoms with E-state index in [1.807, 2.05) is 23.7 Å². The van der Waals surface area contributed by atoms with Crippen molar-refractivity contribution in [3.05, 3.63) is 0 Å². The van der Waals surface area contributed by atoms with Gasteiger partial charge in [0.1, 0.15) is 0 Å². The Hall–Kier alpha value is -0.220. The summed E-state index contributed by atoms with van der Waals surface area (Å²) in [5, 5.41) is 3.50. The monoisotopic (exact) mass is 272 g/mol. The Labute approximate surface area is 116 Å². The van der Waals surface area contributed by atoms with Crippen LogP contribution in [0.4, 0.5) is 0 Å². The summed E-state index contributed by atoms with van der Waals surface area (Å²) in [5.74, 6) is 1.43. The van der Waals surface area contributed by atoms with Crippen LogP contribution in [0.3, 0.4) is 0 Å². The Bertz CT molecular complexity index is 242. The molecule has 0 aromatic heterocycles. The fraction of sp³-hybridized carbons (Fsp3) is 0.929. The third-order valence-corrected chi connectivity index (χ3v) is 4.56. The molecule has 18 heavy (non-hydrogen) atoms. The molecule has 1 heterocycles. The van der Waals surface area contributed by atoms with Gasteiger partial charge in [-0.05, 0) is 51.2 Å². The standard InChI is InChI=1S/C14H28N2OS/c1-12(9-11-18-3)16(2)14(17)8-7-13-6-4-5-10-15-13/h12-13,15H,4-11H2,1-3H3. The molecule has 2 atom stereocenters. The van der Waals surface area contributed by atoms with E-state index in [1.165, 1.54) is 19.3 Å². The Balaban J connectivity index is 2.21. The van der Waals surface area contributed by atoms with Crippen LogP contribution in [-0.4, -0.2) is 48.5 Å². The molecule has 3 nitrogen and oxygen atoms in total. The molecule has 0 radical (unpaired) electrons. The summed E-state index contributed by atoms with van der Waals surface area (Å²) in [7, 11) is 1.95. The molecule has 1 rings (SSSR count). The Kier molecular flexibility index (Phi) is 7.75. The number of nitrogens with zero attached hydrogens (tertiary/aromatic N) is 1. The Morgan fingerprint density at radius 3 is 2.89 bits per heavy atom. The van der Waals surface area contributed by atoms with Gasteiger partial charge in [0.25, 0.3) is 0 Å². The fourth-order valence-electron chi connectivity index (χ4n) is 2.37. The van der Waals surface area contributed by atoms with Crippen molar-refractivity contribution in [1.82, 2.24) is 10.2 Å². The summed E-state index contributed by atoms with van der Waals surface area (Å²) in [4.78, 5) is 14.0. The maximum absolute atomic E-state index is 12.1. The number of carbonyl (C=O) groups is 1. The first-order chi connectivity index (χ1) is 8.65. The lowest BCUT2D eigenvalue weighted by Gasteiger charge is -2.27. The van der Waals surface area contributed by atoms with E-state index in [2.05, 4.69) is 18.5 Å². The minimum atomic E-state index is 0.302. The highest BCUT2D eigenvalue weighted by Crippen LogP contribution is 2.14. The van der Waals surface area contributed by atoms with Crippen LogP contribution in [0.2, 0.25) is 0 Å². The zero-order chi connectivity index (χ0) is 13.4. The van der Waals surface area contributed by atoms with Crippen LogP contribution in [0, 0.1) is 0 Å². The lowest BCUT2D eigenvalue weighted by Crippen LogP contribution is -2.38. The van der Waals surface area contributed by atoms with E-state index in [-0.39, 0.29) is 0 Å². The minimum absolute atomic E-state index is 0.302. The van der Waals surface area contributed by atoms with Gasteiger partial charge in [-0.25, -0.2) is 0 Å². The van der Waals surface area contributed by atoms with Crippen molar-refractivity contribution in [3.8, 4) is 0 Å². The molecule has 106 valence electrons. The van der Waals surface area contributed by atoms with Crippen LogP contribution >= 0.6 is 11.8 Å². The number of amides is 1. The molecule has 0 bridgehead atoms. The van der Waals surface area contributed by atoms with Gasteiger partial charge in [0.05, 0.1) is 0 Å². The molecule has 1 fully saturated rings. The molecule has 0 saturated carbocycles. The average molecular weight is 272 g/mol. The number of thioether (sulfide) groups is 1. The molecule has 0 aliphatic carbocycles. The Morgan fingerprint density at radius 1 is 1.50 bits per heavy atom. The van der Waals surface area contributed by atoms with Gasteiger partial charge in [0.2, 0.25) is 5.91 Å². The molecule has 1 aliphatic heterocycles. The summed E-state index contributed by atoms with van der Waals surface area (Å²) in [5.41, 5.74) is 0. The number of piperidine rings is 1. The zero-order valence-electron chi connectivity index (χ0n) is 12.1. The van der Waals surface area contributed by atoms with Gasteiger partial charge in [-0.3, -0.25) is 4.79 Å². The first-order valence-corrected chi connectivity index (χ1v) is 8.52. The van der Waals surface area contributed by atoms with Crippen LogP contribution in [0.15, 0.2) is 0 Å². The number of rotatable bonds is 7. The van der Waals surface area contributed by atoms with Crippen LogP contribution in [0.1, 0.15) is 45.4 Å². The van der Waals surface area contributed by atoms with Crippen LogP contribution in [-0.2, 0) is 4.79 Å². The third-order valence-electron chi connectivity index (χ3n) is 3.91. The predicted molar refractivity (Wildman–Crippen MR) is 80.1 cm³/mol. The maximum Gasteiger partial charge on any atom is 0.222 e. The van der Waals surface area contributed by atoms with E-state index in [0.29, 0.717) is 24.4 Å². The molecule has 0 aromatic rings. The smallest absolute Gasteiger partial charge is 0.222 e. The van der Waals surface area contributed by atoms with Crippen molar-refractivity contribution < 1.29 is 4.79 Å². The summed E-state index contributed by atoms with van der Waals surface area (Å²) >= 11 is 1.85. The fourth-order valence-corrected chi connectivity index (χ4v) is 2.95. The van der Waals surface area contributed by atoms with Crippen molar-refractivity contribution >= 4 is 17.7 Å². The van der Waals surface area contributed by atoms with Crippen molar-refractivity contribution in [1.29, 1.82) is 0 Å². The number of hydrogen-bond acceptors (Lipinski definition) is 3. The molecular weight excluding hydrogens is 244 g/mol. The highest BCUT2D eigenvalue weighted by molar-refractivity contribution is 7.98. The molecule has 2 unspecified atom stereocenters. The van der Waals surface area contributed by atoms with Gasteiger partial charge in [-0.1, -0.05) is 6.42 Å². The highest BCUT2D eigenvalue weighted by atomic mass is 32.2. The molecule has 1 N–H and O–H groups in total. The number of nitrogens with one attached hydrogen (secondary N) is 1.